The van der Waals surface area contributed by atoms with Gasteiger partial charge < -0.3 is 0 Å². The molecule has 3 heteroatoms. The fourth-order valence-corrected chi connectivity index (χ4v) is 2.99. The van der Waals surface area contributed by atoms with E-state index >= 15 is 0 Å². The Hall–Kier alpha value is -0.830. The van der Waals surface area contributed by atoms with Gasteiger partial charge >= 0.3 is 0 Å². The third-order valence-corrected chi connectivity index (χ3v) is 3.87. The summed E-state index contributed by atoms with van der Waals surface area (Å²) in [6.07, 6.45) is 0.745. The second-order valence-corrected chi connectivity index (χ2v) is 6.44. The minimum atomic E-state index is -2.93. The Labute approximate surface area is 92.2 Å². The van der Waals surface area contributed by atoms with E-state index in [0.717, 1.165) is 12.0 Å². The molecule has 0 N–H and O–H groups in total. The molecule has 0 aliphatic heterocycles. The summed E-state index contributed by atoms with van der Waals surface area (Å²) in [5, 5.41) is 0. The molecule has 0 atom stereocenters. The van der Waals surface area contributed by atoms with Crippen LogP contribution in [-0.2, 0) is 15.6 Å². The molecular formula is C12H18O2S. The minimum Gasteiger partial charge on any atom is -0.228 e. The molecule has 0 aromatic heterocycles. The van der Waals surface area contributed by atoms with Crippen LogP contribution in [0.3, 0.4) is 0 Å². The van der Waals surface area contributed by atoms with Crippen molar-refractivity contribution in [2.24, 2.45) is 5.92 Å². The molecule has 0 saturated carbocycles. The predicted octanol–water partition coefficient (Wildman–Crippen LogP) is 2.65. The van der Waals surface area contributed by atoms with E-state index in [9.17, 15) is 8.42 Å². The number of hydrogen-bond donors (Lipinski definition) is 0. The van der Waals surface area contributed by atoms with E-state index in [-0.39, 0.29) is 5.75 Å². The zero-order chi connectivity index (χ0) is 11.3. The number of sulfone groups is 1. The van der Waals surface area contributed by atoms with Crippen LogP contribution < -0.4 is 0 Å². The molecule has 15 heavy (non-hydrogen) atoms. The Kier molecular flexibility index (Phi) is 4.33. The molecule has 0 aliphatic rings. The summed E-state index contributed by atoms with van der Waals surface area (Å²) in [5.74, 6) is 0.899. The van der Waals surface area contributed by atoms with Gasteiger partial charge in [-0.3, -0.25) is 0 Å². The molecule has 2 nitrogen and oxygen atoms in total. The Morgan fingerprint density at radius 2 is 1.73 bits per heavy atom. The quantitative estimate of drug-likeness (QED) is 0.773. The molecule has 0 amide bonds. The first-order valence-corrected chi connectivity index (χ1v) is 7.06. The highest BCUT2D eigenvalue weighted by Crippen LogP contribution is 2.09. The van der Waals surface area contributed by atoms with Crippen LogP contribution in [0.2, 0.25) is 0 Å². The van der Waals surface area contributed by atoms with Crippen molar-refractivity contribution >= 4 is 9.84 Å². The van der Waals surface area contributed by atoms with E-state index in [1.807, 2.05) is 44.2 Å². The van der Waals surface area contributed by atoms with Crippen molar-refractivity contribution in [1.29, 1.82) is 0 Å². The molecule has 1 aromatic rings. The lowest BCUT2D eigenvalue weighted by Crippen LogP contribution is -2.11. The molecule has 0 heterocycles. The molecule has 0 fully saturated rings. The lowest BCUT2D eigenvalue weighted by atomic mass is 10.2. The highest BCUT2D eigenvalue weighted by molar-refractivity contribution is 7.90. The first kappa shape index (κ1) is 12.2. The summed E-state index contributed by atoms with van der Waals surface area (Å²) in [7, 11) is -2.93. The van der Waals surface area contributed by atoms with E-state index in [0.29, 0.717) is 11.7 Å². The van der Waals surface area contributed by atoms with Gasteiger partial charge in [-0.25, -0.2) is 8.42 Å². The maximum atomic E-state index is 11.7. The Morgan fingerprint density at radius 1 is 1.13 bits per heavy atom. The van der Waals surface area contributed by atoms with Gasteiger partial charge in [0.15, 0.2) is 9.84 Å². The Bertz CT molecular complexity index is 379. The maximum absolute atomic E-state index is 11.7. The van der Waals surface area contributed by atoms with Gasteiger partial charge in [-0.2, -0.15) is 0 Å². The molecule has 84 valence electrons. The molecule has 0 unspecified atom stereocenters. The van der Waals surface area contributed by atoms with Gasteiger partial charge in [0.1, 0.15) is 0 Å². The predicted molar refractivity (Wildman–Crippen MR) is 63.4 cm³/mol. The van der Waals surface area contributed by atoms with Gasteiger partial charge in [-0.1, -0.05) is 44.2 Å². The normalized spacial score (nSPS) is 11.9. The SMILES string of the molecule is CC(C)CCS(=O)(=O)Cc1ccccc1. The fourth-order valence-electron chi connectivity index (χ4n) is 1.32. The summed E-state index contributed by atoms with van der Waals surface area (Å²) in [4.78, 5) is 0. The largest absolute Gasteiger partial charge is 0.228 e. The van der Waals surface area contributed by atoms with Gasteiger partial charge in [-0.15, -0.1) is 0 Å². The second kappa shape index (κ2) is 5.31. The third-order valence-electron chi connectivity index (χ3n) is 2.24. The highest BCUT2D eigenvalue weighted by Gasteiger charge is 2.12. The number of benzene rings is 1. The first-order valence-electron chi connectivity index (χ1n) is 5.24. The van der Waals surface area contributed by atoms with Gasteiger partial charge in [-0.05, 0) is 17.9 Å². The van der Waals surface area contributed by atoms with Crippen molar-refractivity contribution in [3.05, 3.63) is 35.9 Å². The van der Waals surface area contributed by atoms with Crippen molar-refractivity contribution in [2.75, 3.05) is 5.75 Å². The number of hydrogen-bond acceptors (Lipinski definition) is 2. The van der Waals surface area contributed by atoms with E-state index < -0.39 is 9.84 Å². The summed E-state index contributed by atoms with van der Waals surface area (Å²) in [6.45, 7) is 4.08. The molecule has 1 rings (SSSR count). The molecule has 0 saturated heterocycles. The lowest BCUT2D eigenvalue weighted by Gasteiger charge is -2.06. The van der Waals surface area contributed by atoms with Crippen molar-refractivity contribution in [3.63, 3.8) is 0 Å². The van der Waals surface area contributed by atoms with Crippen LogP contribution >= 0.6 is 0 Å². The summed E-state index contributed by atoms with van der Waals surface area (Å²) < 4.78 is 23.4. The zero-order valence-electron chi connectivity index (χ0n) is 9.31. The molecule has 0 radical (unpaired) electrons. The monoisotopic (exact) mass is 226 g/mol. The zero-order valence-corrected chi connectivity index (χ0v) is 10.1. The highest BCUT2D eigenvalue weighted by atomic mass is 32.2. The second-order valence-electron chi connectivity index (χ2n) is 4.26. The van der Waals surface area contributed by atoms with Crippen molar-refractivity contribution in [3.8, 4) is 0 Å². The van der Waals surface area contributed by atoms with Crippen LogP contribution in [0, 0.1) is 5.92 Å². The van der Waals surface area contributed by atoms with Crippen LogP contribution in [0.1, 0.15) is 25.8 Å². The summed E-state index contributed by atoms with van der Waals surface area (Å²) in [6, 6.07) is 9.34. The lowest BCUT2D eigenvalue weighted by molar-refractivity contribution is 0.573. The fraction of sp³-hybridized carbons (Fsp3) is 0.500. The molecular weight excluding hydrogens is 208 g/mol. The summed E-state index contributed by atoms with van der Waals surface area (Å²) >= 11 is 0. The summed E-state index contributed by atoms with van der Waals surface area (Å²) in [5.41, 5.74) is 0.876. The molecule has 0 bridgehead atoms. The van der Waals surface area contributed by atoms with Crippen LogP contribution in [0.25, 0.3) is 0 Å². The smallest absolute Gasteiger partial charge is 0.154 e. The van der Waals surface area contributed by atoms with E-state index in [4.69, 9.17) is 0 Å². The van der Waals surface area contributed by atoms with Crippen LogP contribution in [-0.4, -0.2) is 14.2 Å². The first-order chi connectivity index (χ1) is 6.99. The molecule has 1 aromatic carbocycles. The van der Waals surface area contributed by atoms with E-state index in [1.165, 1.54) is 0 Å². The van der Waals surface area contributed by atoms with E-state index in [2.05, 4.69) is 0 Å². The Morgan fingerprint density at radius 3 is 2.27 bits per heavy atom. The minimum absolute atomic E-state index is 0.167. The van der Waals surface area contributed by atoms with Crippen molar-refractivity contribution in [2.45, 2.75) is 26.0 Å². The average molecular weight is 226 g/mol. The van der Waals surface area contributed by atoms with E-state index in [1.54, 1.807) is 0 Å². The van der Waals surface area contributed by atoms with Crippen LogP contribution in [0.15, 0.2) is 30.3 Å². The third kappa shape index (κ3) is 4.98. The van der Waals surface area contributed by atoms with Gasteiger partial charge in [0, 0.05) is 0 Å². The van der Waals surface area contributed by atoms with Gasteiger partial charge in [0.25, 0.3) is 0 Å². The topological polar surface area (TPSA) is 34.1 Å². The van der Waals surface area contributed by atoms with Gasteiger partial charge in [0.2, 0.25) is 0 Å². The maximum Gasteiger partial charge on any atom is 0.154 e. The molecule has 0 aliphatic carbocycles. The number of rotatable bonds is 5. The average Bonchev–Trinajstić information content (AvgIpc) is 2.16. The van der Waals surface area contributed by atoms with Gasteiger partial charge in [0.05, 0.1) is 11.5 Å². The standard InChI is InChI=1S/C12H18O2S/c1-11(2)8-9-15(13,14)10-12-6-4-3-5-7-12/h3-7,11H,8-10H2,1-2H3. The van der Waals surface area contributed by atoms with Crippen molar-refractivity contribution in [1.82, 2.24) is 0 Å². The van der Waals surface area contributed by atoms with Crippen LogP contribution in [0.5, 0.6) is 0 Å². The Balaban J connectivity index is 2.57. The van der Waals surface area contributed by atoms with Crippen LogP contribution in [0.4, 0.5) is 0 Å². The van der Waals surface area contributed by atoms with Crippen molar-refractivity contribution < 1.29 is 8.42 Å². The molecule has 0 spiro atoms.